The van der Waals surface area contributed by atoms with E-state index in [-0.39, 0.29) is 30.1 Å². The van der Waals surface area contributed by atoms with Crippen LogP contribution in [-0.2, 0) is 29.0 Å². The molecule has 34 heavy (non-hydrogen) atoms. The van der Waals surface area contributed by atoms with Gasteiger partial charge in [-0.3, -0.25) is 9.48 Å². The minimum absolute atomic E-state index is 0.101. The molecule has 182 valence electrons. The predicted molar refractivity (Wildman–Crippen MR) is 124 cm³/mol. The number of ether oxygens (including phenoxy) is 2. The summed E-state index contributed by atoms with van der Waals surface area (Å²) in [5, 5.41) is 4.40. The summed E-state index contributed by atoms with van der Waals surface area (Å²) >= 11 is 0. The number of likely N-dealkylation sites (N-methyl/N-ethyl adjacent to an activating group) is 1. The summed E-state index contributed by atoms with van der Waals surface area (Å²) in [4.78, 5) is 41.2. The Hall–Kier alpha value is -3.36. The quantitative estimate of drug-likeness (QED) is 0.625. The molecule has 1 saturated carbocycles. The number of esters is 1. The molecule has 1 aromatic carbocycles. The normalized spacial score (nSPS) is 16.4. The third-order valence-corrected chi connectivity index (χ3v) is 6.50. The van der Waals surface area contributed by atoms with E-state index in [2.05, 4.69) is 5.10 Å². The van der Waals surface area contributed by atoms with E-state index in [1.54, 1.807) is 27.9 Å². The minimum Gasteiger partial charge on any atom is -0.465 e. The van der Waals surface area contributed by atoms with Crippen LogP contribution in [0.25, 0.3) is 0 Å². The lowest BCUT2D eigenvalue weighted by atomic mass is 10.0. The van der Waals surface area contributed by atoms with Crippen LogP contribution in [0.15, 0.2) is 30.5 Å². The lowest BCUT2D eigenvalue weighted by molar-refractivity contribution is 0.0192. The zero-order chi connectivity index (χ0) is 24.7. The topological polar surface area (TPSA) is 94.0 Å². The molecule has 1 fully saturated rings. The molecule has 9 heteroatoms. The van der Waals surface area contributed by atoms with E-state index in [0.29, 0.717) is 30.6 Å². The maximum Gasteiger partial charge on any atom is 0.410 e. The largest absolute Gasteiger partial charge is 0.465 e. The highest BCUT2D eigenvalue weighted by Gasteiger charge is 2.49. The number of benzene rings is 1. The van der Waals surface area contributed by atoms with Crippen LogP contribution >= 0.6 is 0 Å². The van der Waals surface area contributed by atoms with E-state index in [1.807, 2.05) is 44.9 Å². The summed E-state index contributed by atoms with van der Waals surface area (Å²) in [5.74, 6) is -0.470. The summed E-state index contributed by atoms with van der Waals surface area (Å²) in [6.07, 6.45) is 3.72. The van der Waals surface area contributed by atoms with E-state index in [1.165, 1.54) is 7.11 Å². The number of aromatic nitrogens is 2. The first-order valence-electron chi connectivity index (χ1n) is 11.5. The summed E-state index contributed by atoms with van der Waals surface area (Å²) < 4.78 is 12.1. The maximum atomic E-state index is 13.5. The molecule has 0 unspecified atom stereocenters. The average Bonchev–Trinajstić information content (AvgIpc) is 3.46. The predicted octanol–water partition coefficient (Wildman–Crippen LogP) is 3.27. The molecule has 1 aromatic heterocycles. The molecule has 0 atom stereocenters. The van der Waals surface area contributed by atoms with Gasteiger partial charge in [-0.2, -0.15) is 5.10 Å². The highest BCUT2D eigenvalue weighted by Crippen LogP contribution is 2.44. The van der Waals surface area contributed by atoms with Crippen molar-refractivity contribution in [1.29, 1.82) is 0 Å². The highest BCUT2D eigenvalue weighted by atomic mass is 16.6. The van der Waals surface area contributed by atoms with E-state index in [0.717, 1.165) is 24.1 Å². The van der Waals surface area contributed by atoms with Gasteiger partial charge in [0.15, 0.2) is 0 Å². The van der Waals surface area contributed by atoms with Crippen LogP contribution in [0.2, 0.25) is 0 Å². The third-order valence-electron chi connectivity index (χ3n) is 6.50. The van der Waals surface area contributed by atoms with Crippen molar-refractivity contribution in [2.45, 2.75) is 64.3 Å². The van der Waals surface area contributed by atoms with Gasteiger partial charge in [-0.25, -0.2) is 9.59 Å². The standard InChI is InChI=1S/C25H32N4O5/c1-24(2,3)34-23(32)28-12-13-29-20(16-28)19(15-26-29)21(30)27(4)25(10-11-25)14-17-6-8-18(9-7-17)22(31)33-5/h6-9,15H,10-14,16H2,1-5H3. The van der Waals surface area contributed by atoms with Gasteiger partial charge in [-0.15, -0.1) is 0 Å². The van der Waals surface area contributed by atoms with Crippen molar-refractivity contribution in [2.24, 2.45) is 0 Å². The van der Waals surface area contributed by atoms with Gasteiger partial charge < -0.3 is 19.3 Å². The SMILES string of the molecule is COC(=O)c1ccc(CC2(N(C)C(=O)c3cnn4c3CN(C(=O)OC(C)(C)C)CC4)CC2)cc1. The number of rotatable bonds is 5. The van der Waals surface area contributed by atoms with E-state index < -0.39 is 5.60 Å². The number of methoxy groups -OCH3 is 1. The average molecular weight is 469 g/mol. The lowest BCUT2D eigenvalue weighted by Gasteiger charge is -2.32. The Morgan fingerprint density at radius 2 is 1.79 bits per heavy atom. The molecule has 0 bridgehead atoms. The Labute approximate surface area is 199 Å². The number of amides is 2. The Morgan fingerprint density at radius 3 is 2.38 bits per heavy atom. The molecule has 1 aliphatic heterocycles. The van der Waals surface area contributed by atoms with Crippen molar-refractivity contribution in [3.05, 3.63) is 52.8 Å². The zero-order valence-electron chi connectivity index (χ0n) is 20.5. The second-order valence-corrected chi connectivity index (χ2v) is 10.1. The molecule has 9 nitrogen and oxygen atoms in total. The van der Waals surface area contributed by atoms with Gasteiger partial charge in [0.25, 0.3) is 5.91 Å². The third kappa shape index (κ3) is 4.78. The summed E-state index contributed by atoms with van der Waals surface area (Å²) in [5.41, 5.74) is 1.95. The molecule has 2 aromatic rings. The molecule has 0 radical (unpaired) electrons. The number of carbonyl (C=O) groups excluding carboxylic acids is 3. The van der Waals surface area contributed by atoms with Crippen molar-refractivity contribution in [3.8, 4) is 0 Å². The fraction of sp³-hybridized carbons (Fsp3) is 0.520. The van der Waals surface area contributed by atoms with Crippen molar-refractivity contribution < 1.29 is 23.9 Å². The number of hydrogen-bond donors (Lipinski definition) is 0. The highest BCUT2D eigenvalue weighted by molar-refractivity contribution is 5.96. The fourth-order valence-electron chi connectivity index (χ4n) is 4.33. The number of nitrogens with zero attached hydrogens (tertiary/aromatic N) is 4. The summed E-state index contributed by atoms with van der Waals surface area (Å²) in [7, 11) is 3.19. The van der Waals surface area contributed by atoms with Crippen molar-refractivity contribution >= 4 is 18.0 Å². The Bertz CT molecular complexity index is 1100. The number of hydrogen-bond acceptors (Lipinski definition) is 6. The Kier molecular flexibility index (Phi) is 6.14. The van der Waals surface area contributed by atoms with Crippen LogP contribution in [0.3, 0.4) is 0 Å². The van der Waals surface area contributed by atoms with Crippen LogP contribution < -0.4 is 0 Å². The minimum atomic E-state index is -0.582. The molecule has 2 aliphatic rings. The molecule has 2 heterocycles. The van der Waals surface area contributed by atoms with Gasteiger partial charge in [0.2, 0.25) is 0 Å². The van der Waals surface area contributed by atoms with Gasteiger partial charge in [0, 0.05) is 19.1 Å². The van der Waals surface area contributed by atoms with Crippen LogP contribution in [0.1, 0.15) is 65.6 Å². The van der Waals surface area contributed by atoms with Gasteiger partial charge in [0.1, 0.15) is 5.60 Å². The summed E-state index contributed by atoms with van der Waals surface area (Å²) in [6, 6.07) is 7.31. The maximum absolute atomic E-state index is 13.5. The first-order valence-corrected chi connectivity index (χ1v) is 11.5. The monoisotopic (exact) mass is 468 g/mol. The van der Waals surface area contributed by atoms with Crippen molar-refractivity contribution in [2.75, 3.05) is 20.7 Å². The van der Waals surface area contributed by atoms with Gasteiger partial charge in [-0.1, -0.05) is 12.1 Å². The number of carbonyl (C=O) groups is 3. The van der Waals surface area contributed by atoms with Gasteiger partial charge >= 0.3 is 12.1 Å². The van der Waals surface area contributed by atoms with Crippen LogP contribution in [-0.4, -0.2) is 69.4 Å². The van der Waals surface area contributed by atoms with Crippen LogP contribution in [0, 0.1) is 0 Å². The molecule has 0 N–H and O–H groups in total. The Morgan fingerprint density at radius 1 is 1.12 bits per heavy atom. The second-order valence-electron chi connectivity index (χ2n) is 10.1. The van der Waals surface area contributed by atoms with Crippen molar-refractivity contribution in [1.82, 2.24) is 19.6 Å². The van der Waals surface area contributed by atoms with Crippen molar-refractivity contribution in [3.63, 3.8) is 0 Å². The molecule has 4 rings (SSSR count). The summed E-state index contributed by atoms with van der Waals surface area (Å²) in [6.45, 7) is 6.79. The van der Waals surface area contributed by atoms with Gasteiger partial charge in [-0.05, 0) is 57.7 Å². The molecule has 0 saturated heterocycles. The lowest BCUT2D eigenvalue weighted by Crippen LogP contribution is -2.43. The van der Waals surface area contributed by atoms with E-state index >= 15 is 0 Å². The first-order chi connectivity index (χ1) is 16.0. The first kappa shape index (κ1) is 23.8. The van der Waals surface area contributed by atoms with E-state index in [4.69, 9.17) is 9.47 Å². The Balaban J connectivity index is 1.47. The zero-order valence-corrected chi connectivity index (χ0v) is 20.5. The molecule has 2 amide bonds. The molecular formula is C25H32N4O5. The molecule has 1 aliphatic carbocycles. The van der Waals surface area contributed by atoms with Gasteiger partial charge in [0.05, 0.1) is 43.2 Å². The number of fused-ring (bicyclic) bond motifs is 1. The van der Waals surface area contributed by atoms with Crippen LogP contribution in [0.4, 0.5) is 4.79 Å². The molecule has 0 spiro atoms. The molecular weight excluding hydrogens is 436 g/mol. The van der Waals surface area contributed by atoms with E-state index in [9.17, 15) is 14.4 Å². The second kappa shape index (κ2) is 8.77. The van der Waals surface area contributed by atoms with Crippen LogP contribution in [0.5, 0.6) is 0 Å². The fourth-order valence-corrected chi connectivity index (χ4v) is 4.33. The smallest absolute Gasteiger partial charge is 0.410 e.